The van der Waals surface area contributed by atoms with E-state index in [1.54, 1.807) is 36.4 Å². The molecule has 33 heavy (non-hydrogen) atoms. The van der Waals surface area contributed by atoms with Gasteiger partial charge >= 0.3 is 10.9 Å². The van der Waals surface area contributed by atoms with Gasteiger partial charge in [-0.1, -0.05) is 49.6 Å². The molecule has 3 rings (SSSR count). The molecule has 0 saturated heterocycles. The van der Waals surface area contributed by atoms with Crippen LogP contribution in [0.2, 0.25) is 0 Å². The predicted molar refractivity (Wildman–Crippen MR) is 120 cm³/mol. The topological polar surface area (TPSA) is 151 Å². The first kappa shape index (κ1) is 24.1. The SMILES string of the molecule is Nc1ccccc1NC(=O)CCCCCCCOc1no[n+]([O-])c1S(=O)(=O)c1ccccc1. The number of nitrogen functional groups attached to an aromatic ring is 1. The van der Waals surface area contributed by atoms with Crippen molar-refractivity contribution in [2.24, 2.45) is 0 Å². The number of amides is 1. The number of para-hydroxylation sites is 2. The number of ether oxygens (including phenoxy) is 1. The Morgan fingerprint density at radius 1 is 1.03 bits per heavy atom. The molecule has 0 aliphatic carbocycles. The maximum Gasteiger partial charge on any atom is 0.414 e. The number of nitrogens with zero attached hydrogens (tertiary/aromatic N) is 2. The highest BCUT2D eigenvalue weighted by molar-refractivity contribution is 7.91. The van der Waals surface area contributed by atoms with Crippen LogP contribution < -0.4 is 20.7 Å². The molecule has 0 unspecified atom stereocenters. The summed E-state index contributed by atoms with van der Waals surface area (Å²) in [5, 5.41) is 17.4. The van der Waals surface area contributed by atoms with E-state index in [9.17, 15) is 18.4 Å². The molecule has 3 aromatic rings. The van der Waals surface area contributed by atoms with Crippen LogP contribution in [0.5, 0.6) is 5.88 Å². The smallest absolute Gasteiger partial charge is 0.414 e. The van der Waals surface area contributed by atoms with E-state index >= 15 is 0 Å². The van der Waals surface area contributed by atoms with Gasteiger partial charge in [-0.2, -0.15) is 0 Å². The van der Waals surface area contributed by atoms with E-state index in [0.29, 0.717) is 24.2 Å². The Balaban J connectivity index is 1.37. The van der Waals surface area contributed by atoms with Crippen LogP contribution in [-0.2, 0) is 14.6 Å². The first-order chi connectivity index (χ1) is 15.9. The lowest BCUT2D eigenvalue weighted by Crippen LogP contribution is -2.30. The number of anilines is 2. The zero-order valence-corrected chi connectivity index (χ0v) is 18.8. The fraction of sp³-hybridized carbons (Fsp3) is 0.318. The summed E-state index contributed by atoms with van der Waals surface area (Å²) in [5.74, 6) is -0.439. The van der Waals surface area contributed by atoms with Gasteiger partial charge in [-0.25, -0.2) is 8.42 Å². The summed E-state index contributed by atoms with van der Waals surface area (Å²) in [7, 11) is -4.12. The maximum absolute atomic E-state index is 12.7. The van der Waals surface area contributed by atoms with Crippen LogP contribution in [-0.4, -0.2) is 26.1 Å². The standard InChI is InChI=1S/C22H26N4O6S/c23-18-13-8-9-14-19(18)24-20(27)15-7-2-1-3-10-16-31-21-22(26(28)32-25-21)33(29,30)17-11-5-4-6-12-17/h4-6,8-9,11-14H,1-3,7,10,15-16,23H2,(H,24,27). The quantitative estimate of drug-likeness (QED) is 0.231. The third-order valence-corrected chi connectivity index (χ3v) is 6.60. The molecule has 1 amide bonds. The summed E-state index contributed by atoms with van der Waals surface area (Å²) in [6.07, 6.45) is 4.30. The first-order valence-corrected chi connectivity index (χ1v) is 12.0. The van der Waals surface area contributed by atoms with E-state index in [1.165, 1.54) is 12.1 Å². The molecular formula is C22H26N4O6S. The minimum Gasteiger partial charge on any atom is -0.454 e. The lowest BCUT2D eigenvalue weighted by Gasteiger charge is -2.07. The largest absolute Gasteiger partial charge is 0.454 e. The van der Waals surface area contributed by atoms with Crippen LogP contribution in [0.1, 0.15) is 38.5 Å². The van der Waals surface area contributed by atoms with Crippen molar-refractivity contribution in [3.05, 3.63) is 59.8 Å². The van der Waals surface area contributed by atoms with Gasteiger partial charge < -0.3 is 21.0 Å². The van der Waals surface area contributed by atoms with Gasteiger partial charge in [-0.3, -0.25) is 9.42 Å². The van der Waals surface area contributed by atoms with E-state index in [1.807, 2.05) is 6.07 Å². The minimum absolute atomic E-state index is 0.0540. The predicted octanol–water partition coefficient (Wildman–Crippen LogP) is 3.08. The summed E-state index contributed by atoms with van der Waals surface area (Å²) >= 11 is 0. The number of hydrogen-bond acceptors (Lipinski definition) is 8. The normalized spacial score (nSPS) is 11.3. The minimum atomic E-state index is -4.12. The van der Waals surface area contributed by atoms with Crippen LogP contribution in [0, 0.1) is 5.21 Å². The number of rotatable bonds is 12. The molecule has 0 aliphatic rings. The van der Waals surface area contributed by atoms with Crippen LogP contribution >= 0.6 is 0 Å². The third-order valence-electron chi connectivity index (χ3n) is 4.88. The molecule has 0 radical (unpaired) electrons. The van der Waals surface area contributed by atoms with Gasteiger partial charge in [0.25, 0.3) is 9.84 Å². The number of carbonyl (C=O) groups excluding carboxylic acids is 1. The average Bonchev–Trinajstić information content (AvgIpc) is 3.18. The molecule has 1 aromatic heterocycles. The molecule has 10 nitrogen and oxygen atoms in total. The highest BCUT2D eigenvalue weighted by atomic mass is 32.2. The molecule has 3 N–H and O–H groups in total. The van der Waals surface area contributed by atoms with E-state index in [-0.39, 0.29) is 28.2 Å². The summed E-state index contributed by atoms with van der Waals surface area (Å²) in [6, 6.07) is 14.6. The van der Waals surface area contributed by atoms with Gasteiger partial charge in [0.15, 0.2) is 0 Å². The molecule has 176 valence electrons. The third kappa shape index (κ3) is 6.45. The molecule has 0 atom stereocenters. The van der Waals surface area contributed by atoms with Crippen LogP contribution in [0.15, 0.2) is 69.1 Å². The second kappa shape index (κ2) is 11.3. The molecule has 0 spiro atoms. The van der Waals surface area contributed by atoms with E-state index in [4.69, 9.17) is 10.5 Å². The van der Waals surface area contributed by atoms with Gasteiger partial charge in [-0.15, -0.1) is 0 Å². The van der Waals surface area contributed by atoms with Crippen molar-refractivity contribution >= 4 is 27.1 Å². The zero-order chi connectivity index (χ0) is 23.7. The van der Waals surface area contributed by atoms with E-state index in [0.717, 1.165) is 25.7 Å². The van der Waals surface area contributed by atoms with Crippen molar-refractivity contribution in [3.8, 4) is 5.88 Å². The van der Waals surface area contributed by atoms with Gasteiger partial charge in [-0.05, 0) is 42.0 Å². The Morgan fingerprint density at radius 3 is 2.45 bits per heavy atom. The van der Waals surface area contributed by atoms with E-state index < -0.39 is 14.9 Å². The van der Waals surface area contributed by atoms with Gasteiger partial charge in [0.1, 0.15) is 0 Å². The average molecular weight is 475 g/mol. The number of carbonyl (C=O) groups is 1. The number of unbranched alkanes of at least 4 members (excludes halogenated alkanes) is 4. The number of aromatic nitrogens is 2. The zero-order valence-electron chi connectivity index (χ0n) is 18.0. The summed E-state index contributed by atoms with van der Waals surface area (Å²) in [4.78, 5) is 11.8. The molecule has 0 bridgehead atoms. The summed E-state index contributed by atoms with van der Waals surface area (Å²) < 4.78 is 35.2. The van der Waals surface area contributed by atoms with Crippen LogP contribution in [0.3, 0.4) is 0 Å². The van der Waals surface area contributed by atoms with Crippen molar-refractivity contribution in [1.82, 2.24) is 5.16 Å². The Kier molecular flexibility index (Phi) is 8.25. The highest BCUT2D eigenvalue weighted by Crippen LogP contribution is 2.25. The van der Waals surface area contributed by atoms with Crippen molar-refractivity contribution in [2.75, 3.05) is 17.7 Å². The molecule has 0 aliphatic heterocycles. The van der Waals surface area contributed by atoms with Crippen molar-refractivity contribution in [3.63, 3.8) is 0 Å². The van der Waals surface area contributed by atoms with Crippen LogP contribution in [0.25, 0.3) is 0 Å². The Morgan fingerprint density at radius 2 is 1.70 bits per heavy atom. The molecule has 0 saturated carbocycles. The fourth-order valence-corrected chi connectivity index (χ4v) is 4.45. The lowest BCUT2D eigenvalue weighted by molar-refractivity contribution is -0.832. The van der Waals surface area contributed by atoms with Crippen molar-refractivity contribution in [1.29, 1.82) is 0 Å². The first-order valence-electron chi connectivity index (χ1n) is 10.6. The highest BCUT2D eigenvalue weighted by Gasteiger charge is 2.35. The van der Waals surface area contributed by atoms with Gasteiger partial charge in [0, 0.05) is 6.42 Å². The lowest BCUT2D eigenvalue weighted by atomic mass is 10.1. The second-order valence-electron chi connectivity index (χ2n) is 7.36. The van der Waals surface area contributed by atoms with E-state index in [2.05, 4.69) is 15.1 Å². The molecular weight excluding hydrogens is 448 g/mol. The number of nitrogens with two attached hydrogens (primary N) is 1. The number of hydrogen-bond donors (Lipinski definition) is 2. The van der Waals surface area contributed by atoms with Crippen LogP contribution in [0.4, 0.5) is 11.4 Å². The number of nitrogens with one attached hydrogen (secondary N) is 1. The van der Waals surface area contributed by atoms with Crippen molar-refractivity contribution in [2.45, 2.75) is 48.4 Å². The molecule has 0 fully saturated rings. The Hall–Kier alpha value is -3.60. The van der Waals surface area contributed by atoms with Gasteiger partial charge in [0.2, 0.25) is 5.91 Å². The fourth-order valence-electron chi connectivity index (χ4n) is 3.15. The Labute approximate surface area is 191 Å². The summed E-state index contributed by atoms with van der Waals surface area (Å²) in [5.41, 5.74) is 6.95. The second-order valence-corrected chi connectivity index (χ2v) is 9.22. The molecule has 11 heteroatoms. The maximum atomic E-state index is 12.7. The van der Waals surface area contributed by atoms with Gasteiger partial charge in [0.05, 0.1) is 28.0 Å². The monoisotopic (exact) mass is 474 g/mol. The molecule has 1 heterocycles. The number of sulfone groups is 1. The summed E-state index contributed by atoms with van der Waals surface area (Å²) in [6.45, 7) is 0.178. The number of benzene rings is 2. The molecule has 2 aromatic carbocycles. The van der Waals surface area contributed by atoms with Crippen molar-refractivity contribution < 1.29 is 27.5 Å². The Bertz CT molecular complexity index is 1160.